The van der Waals surface area contributed by atoms with E-state index >= 15 is 0 Å². The molecule has 0 fully saturated rings. The minimum atomic E-state index is -3.49. The molecule has 1 amide bonds. The number of hydrogen-bond acceptors (Lipinski definition) is 6. The van der Waals surface area contributed by atoms with E-state index in [0.29, 0.717) is 22.3 Å². The number of amides is 1. The van der Waals surface area contributed by atoms with Gasteiger partial charge in [-0.2, -0.15) is 4.99 Å². The zero-order valence-electron chi connectivity index (χ0n) is 23.2. The number of nitrogens with zero attached hydrogens (tertiary/aromatic N) is 1. The van der Waals surface area contributed by atoms with Crippen LogP contribution in [0, 0.1) is 13.8 Å². The highest BCUT2D eigenvalue weighted by molar-refractivity contribution is 7.91. The standard InChI is InChI=1S/C14H19N3O3S.C13H15ClO3S/c1-5-8(2)10-6-9(3)11(13(18)17-14(15)16)7-12(10)21(4,19)20;1-5-8(2)10-6-9(3)11(13(14)15)7-12(10)18(4,16)17/h5-7H,1-4H3,(H4,15,16,17,18);5-7H,1-4H3. The summed E-state index contributed by atoms with van der Waals surface area (Å²) in [7, 11) is -6.91. The molecule has 4 N–H and O–H groups in total. The van der Waals surface area contributed by atoms with Gasteiger partial charge in [-0.15, -0.1) is 0 Å². The molecule has 12 heteroatoms. The van der Waals surface area contributed by atoms with Gasteiger partial charge in [-0.05, 0) is 111 Å². The van der Waals surface area contributed by atoms with Crippen LogP contribution in [0.2, 0.25) is 0 Å². The van der Waals surface area contributed by atoms with Crippen LogP contribution in [0.4, 0.5) is 0 Å². The van der Waals surface area contributed by atoms with Crippen molar-refractivity contribution >= 4 is 59.5 Å². The second-order valence-corrected chi connectivity index (χ2v) is 13.2. The van der Waals surface area contributed by atoms with E-state index in [1.54, 1.807) is 39.0 Å². The number of sulfone groups is 2. The van der Waals surface area contributed by atoms with E-state index in [-0.39, 0.29) is 26.9 Å². The Bertz CT molecular complexity index is 1620. The lowest BCUT2D eigenvalue weighted by atomic mass is 10.00. The van der Waals surface area contributed by atoms with Crippen molar-refractivity contribution in [3.63, 3.8) is 0 Å². The van der Waals surface area contributed by atoms with Crippen LogP contribution in [0.15, 0.2) is 51.2 Å². The number of aliphatic imine (C=N–C) groups is 1. The highest BCUT2D eigenvalue weighted by Crippen LogP contribution is 2.29. The molecule has 0 heterocycles. The first-order valence-corrected chi connectivity index (χ1v) is 15.7. The molecule has 0 saturated carbocycles. The van der Waals surface area contributed by atoms with Crippen molar-refractivity contribution in [2.45, 2.75) is 51.3 Å². The van der Waals surface area contributed by atoms with Gasteiger partial charge >= 0.3 is 0 Å². The Morgan fingerprint density at radius 1 is 0.744 bits per heavy atom. The third kappa shape index (κ3) is 8.87. The molecule has 2 aromatic carbocycles. The second kappa shape index (κ2) is 13.2. The molecule has 0 aromatic heterocycles. The van der Waals surface area contributed by atoms with Crippen LogP contribution in [-0.2, 0) is 19.7 Å². The van der Waals surface area contributed by atoms with Crippen LogP contribution in [-0.4, -0.2) is 46.5 Å². The van der Waals surface area contributed by atoms with Crippen LogP contribution in [0.3, 0.4) is 0 Å². The molecule has 0 bridgehead atoms. The average Bonchev–Trinajstić information content (AvgIpc) is 2.80. The van der Waals surface area contributed by atoms with E-state index in [1.807, 2.05) is 26.8 Å². The number of carbonyl (C=O) groups excluding carboxylic acids is 2. The fraction of sp³-hybridized carbons (Fsp3) is 0.296. The number of hydrogen-bond donors (Lipinski definition) is 2. The summed E-state index contributed by atoms with van der Waals surface area (Å²) >= 11 is 5.45. The van der Waals surface area contributed by atoms with E-state index in [2.05, 4.69) is 4.99 Å². The SMILES string of the molecule is CC=C(C)c1cc(C)c(C(=O)Cl)cc1S(C)(=O)=O.CC=C(C)c1cc(C)c(C(=O)N=C(N)N)cc1S(C)(=O)=O. The van der Waals surface area contributed by atoms with E-state index in [4.69, 9.17) is 23.1 Å². The topological polar surface area (TPSA) is 167 Å². The van der Waals surface area contributed by atoms with Gasteiger partial charge in [0.05, 0.1) is 9.79 Å². The lowest BCUT2D eigenvalue weighted by molar-refractivity contribution is 0.100. The second-order valence-electron chi connectivity index (χ2n) is 8.93. The molecule has 212 valence electrons. The first-order valence-electron chi connectivity index (χ1n) is 11.6. The fourth-order valence-corrected chi connectivity index (χ4v) is 5.64. The Morgan fingerprint density at radius 3 is 1.41 bits per heavy atom. The van der Waals surface area contributed by atoms with E-state index in [0.717, 1.165) is 23.7 Å². The summed E-state index contributed by atoms with van der Waals surface area (Å²) in [6.07, 6.45) is 5.85. The first-order chi connectivity index (χ1) is 17.8. The number of halogens is 1. The van der Waals surface area contributed by atoms with Gasteiger partial charge in [0.2, 0.25) is 0 Å². The lowest BCUT2D eigenvalue weighted by Crippen LogP contribution is -2.24. The summed E-state index contributed by atoms with van der Waals surface area (Å²) < 4.78 is 47.5. The van der Waals surface area contributed by atoms with Gasteiger partial charge < -0.3 is 11.5 Å². The highest BCUT2D eigenvalue weighted by atomic mass is 35.5. The van der Waals surface area contributed by atoms with Crippen molar-refractivity contribution in [3.8, 4) is 0 Å². The van der Waals surface area contributed by atoms with E-state index in [9.17, 15) is 26.4 Å². The number of allylic oxidation sites excluding steroid dienone is 4. The Morgan fingerprint density at radius 2 is 1.10 bits per heavy atom. The Kier molecular flexibility index (Phi) is 11.4. The van der Waals surface area contributed by atoms with Crippen LogP contribution >= 0.6 is 11.6 Å². The summed E-state index contributed by atoms with van der Waals surface area (Å²) in [4.78, 5) is 26.9. The van der Waals surface area contributed by atoms with Gasteiger partial charge in [0.1, 0.15) is 0 Å². The van der Waals surface area contributed by atoms with Gasteiger partial charge in [0.25, 0.3) is 11.1 Å². The van der Waals surface area contributed by atoms with E-state index < -0.39 is 30.8 Å². The molecule has 9 nitrogen and oxygen atoms in total. The quantitative estimate of drug-likeness (QED) is 0.281. The minimum Gasteiger partial charge on any atom is -0.370 e. The number of aryl methyl sites for hydroxylation is 2. The summed E-state index contributed by atoms with van der Waals surface area (Å²) in [5.74, 6) is -1.03. The van der Waals surface area contributed by atoms with Gasteiger partial charge in [-0.25, -0.2) is 16.8 Å². The molecular weight excluding hydrogens is 562 g/mol. The molecule has 0 saturated heterocycles. The largest absolute Gasteiger partial charge is 0.370 e. The maximum atomic E-state index is 12.0. The number of carbonyl (C=O) groups is 2. The molecule has 0 atom stereocenters. The van der Waals surface area contributed by atoms with Gasteiger partial charge in [-0.3, -0.25) is 9.59 Å². The molecule has 0 unspecified atom stereocenters. The predicted molar refractivity (Wildman–Crippen MR) is 158 cm³/mol. The molecule has 0 radical (unpaired) electrons. The molecule has 0 aliphatic carbocycles. The fourth-order valence-electron chi connectivity index (χ4n) is 3.54. The molecule has 2 aromatic rings. The maximum absolute atomic E-state index is 12.0. The number of nitrogens with two attached hydrogens (primary N) is 2. The molecule has 0 spiro atoms. The van der Waals surface area contributed by atoms with Crippen molar-refractivity contribution in [1.82, 2.24) is 0 Å². The molecule has 2 rings (SSSR count). The molecule has 0 aliphatic rings. The summed E-state index contributed by atoms with van der Waals surface area (Å²) in [6, 6.07) is 6.01. The average molecular weight is 596 g/mol. The Hall–Kier alpha value is -3.28. The number of benzene rings is 2. The number of guanidine groups is 1. The van der Waals surface area contributed by atoms with Crippen LogP contribution in [0.25, 0.3) is 11.1 Å². The third-order valence-electron chi connectivity index (χ3n) is 5.84. The lowest BCUT2D eigenvalue weighted by Gasteiger charge is -2.12. The van der Waals surface area contributed by atoms with Gasteiger partial charge in [0.15, 0.2) is 25.6 Å². The third-order valence-corrected chi connectivity index (χ3v) is 8.32. The Balaban J connectivity index is 0.000000395. The minimum absolute atomic E-state index is 0.0813. The monoisotopic (exact) mass is 595 g/mol. The van der Waals surface area contributed by atoms with Crippen molar-refractivity contribution < 1.29 is 26.4 Å². The van der Waals surface area contributed by atoms with Gasteiger partial charge in [-0.1, -0.05) is 12.2 Å². The maximum Gasteiger partial charge on any atom is 0.280 e. The van der Waals surface area contributed by atoms with Crippen molar-refractivity contribution in [3.05, 3.63) is 69.8 Å². The zero-order valence-corrected chi connectivity index (χ0v) is 25.6. The smallest absolute Gasteiger partial charge is 0.280 e. The first kappa shape index (κ1) is 33.7. The van der Waals surface area contributed by atoms with Crippen molar-refractivity contribution in [1.29, 1.82) is 0 Å². The van der Waals surface area contributed by atoms with Crippen LogP contribution < -0.4 is 11.5 Å². The predicted octanol–water partition coefficient (Wildman–Crippen LogP) is 4.44. The number of rotatable bonds is 6. The highest BCUT2D eigenvalue weighted by Gasteiger charge is 2.20. The van der Waals surface area contributed by atoms with E-state index in [1.165, 1.54) is 12.1 Å². The van der Waals surface area contributed by atoms with Crippen molar-refractivity contribution in [2.24, 2.45) is 16.5 Å². The van der Waals surface area contributed by atoms with Crippen LogP contribution in [0.1, 0.15) is 70.7 Å². The van der Waals surface area contributed by atoms with Gasteiger partial charge in [0, 0.05) is 23.6 Å². The summed E-state index contributed by atoms with van der Waals surface area (Å²) in [5, 5.41) is -0.651. The zero-order chi connectivity index (χ0) is 30.5. The summed E-state index contributed by atoms with van der Waals surface area (Å²) in [5.41, 5.74) is 14.9. The Labute approximate surface area is 235 Å². The molecule has 0 aliphatic heterocycles. The normalized spacial score (nSPS) is 12.3. The summed E-state index contributed by atoms with van der Waals surface area (Å²) in [6.45, 7) is 10.7. The molecular formula is C27H34ClN3O6S2. The van der Waals surface area contributed by atoms with Crippen LogP contribution in [0.5, 0.6) is 0 Å². The van der Waals surface area contributed by atoms with Crippen molar-refractivity contribution in [2.75, 3.05) is 12.5 Å². The molecule has 39 heavy (non-hydrogen) atoms.